The van der Waals surface area contributed by atoms with Gasteiger partial charge < -0.3 is 0 Å². The Morgan fingerprint density at radius 2 is 2.06 bits per heavy atom. The van der Waals surface area contributed by atoms with Gasteiger partial charge in [-0.15, -0.1) is 0 Å². The Kier molecular flexibility index (Phi) is 2.95. The summed E-state index contributed by atoms with van der Waals surface area (Å²) in [4.78, 5) is 11.8. The summed E-state index contributed by atoms with van der Waals surface area (Å²) in [5, 5.41) is 0. The number of fused-ring (bicyclic) bond motifs is 1. The van der Waals surface area contributed by atoms with E-state index in [9.17, 15) is 13.2 Å². The third-order valence-electron chi connectivity index (χ3n) is 3.03. The lowest BCUT2D eigenvalue weighted by Gasteiger charge is -2.30. The number of benzene rings is 1. The van der Waals surface area contributed by atoms with Crippen LogP contribution in [0.2, 0.25) is 0 Å². The fraction of sp³-hybridized carbons (Fsp3) is 0.417. The van der Waals surface area contributed by atoms with Crippen molar-refractivity contribution in [2.45, 2.75) is 20.3 Å². The zero-order valence-electron chi connectivity index (χ0n) is 9.93. The van der Waals surface area contributed by atoms with Gasteiger partial charge in [-0.2, -0.15) is 0 Å². The number of sulfonamides is 1. The van der Waals surface area contributed by atoms with Crippen molar-refractivity contribution < 1.29 is 13.2 Å². The van der Waals surface area contributed by atoms with E-state index in [1.807, 2.05) is 13.0 Å². The first-order valence-corrected chi connectivity index (χ1v) is 7.21. The third kappa shape index (κ3) is 1.95. The Labute approximate surface area is 101 Å². The Hall–Kier alpha value is -1.36. The highest BCUT2D eigenvalue weighted by molar-refractivity contribution is 7.92. The van der Waals surface area contributed by atoms with Crippen LogP contribution in [-0.2, 0) is 10.0 Å². The highest BCUT2D eigenvalue weighted by atomic mass is 32.2. The summed E-state index contributed by atoms with van der Waals surface area (Å²) in [7, 11) is -3.30. The van der Waals surface area contributed by atoms with Gasteiger partial charge in [-0.25, -0.2) is 8.42 Å². The second-order valence-corrected chi connectivity index (χ2v) is 6.30. The number of Topliss-reactive ketones (excluding diaryl/α,β-unsaturated/α-hetero) is 1. The predicted molar refractivity (Wildman–Crippen MR) is 66.9 cm³/mol. The monoisotopic (exact) mass is 253 g/mol. The molecule has 1 heterocycles. The van der Waals surface area contributed by atoms with Gasteiger partial charge in [0.2, 0.25) is 10.0 Å². The van der Waals surface area contributed by atoms with Crippen LogP contribution < -0.4 is 4.31 Å². The van der Waals surface area contributed by atoms with Gasteiger partial charge in [0.15, 0.2) is 5.78 Å². The highest BCUT2D eigenvalue weighted by Gasteiger charge is 2.30. The van der Waals surface area contributed by atoms with E-state index in [0.29, 0.717) is 11.3 Å². The van der Waals surface area contributed by atoms with Gasteiger partial charge in [0, 0.05) is 18.5 Å². The Morgan fingerprint density at radius 3 is 2.71 bits per heavy atom. The number of hydrogen-bond donors (Lipinski definition) is 0. The van der Waals surface area contributed by atoms with Crippen molar-refractivity contribution in [3.05, 3.63) is 29.3 Å². The van der Waals surface area contributed by atoms with Crippen LogP contribution in [0.3, 0.4) is 0 Å². The molecule has 0 fully saturated rings. The highest BCUT2D eigenvalue weighted by Crippen LogP contribution is 2.32. The third-order valence-corrected chi connectivity index (χ3v) is 4.80. The molecule has 1 aliphatic heterocycles. The average molecular weight is 253 g/mol. The van der Waals surface area contributed by atoms with Crippen LogP contribution in [0.25, 0.3) is 0 Å². The van der Waals surface area contributed by atoms with Crippen molar-refractivity contribution in [2.75, 3.05) is 16.6 Å². The molecule has 0 N–H and O–H groups in total. The fourth-order valence-corrected chi connectivity index (χ4v) is 3.30. The zero-order valence-corrected chi connectivity index (χ0v) is 10.8. The smallest absolute Gasteiger partial charge is 0.234 e. The standard InChI is InChI=1S/C12H15NO3S/c1-3-17(15,16)13-8-7-11(14)10-6-4-5-9(2)12(10)13/h4-6H,3,7-8H2,1-2H3. The molecule has 0 atom stereocenters. The number of hydrogen-bond acceptors (Lipinski definition) is 3. The maximum absolute atomic E-state index is 12.0. The van der Waals surface area contributed by atoms with E-state index in [2.05, 4.69) is 0 Å². The number of nitrogens with zero attached hydrogens (tertiary/aromatic N) is 1. The Morgan fingerprint density at radius 1 is 1.35 bits per heavy atom. The van der Waals surface area contributed by atoms with Crippen LogP contribution in [-0.4, -0.2) is 26.5 Å². The van der Waals surface area contributed by atoms with Gasteiger partial charge in [0.25, 0.3) is 0 Å². The van der Waals surface area contributed by atoms with Gasteiger partial charge >= 0.3 is 0 Å². The molecule has 1 aliphatic rings. The second-order valence-electron chi connectivity index (χ2n) is 4.12. The Balaban J connectivity index is 2.64. The van der Waals surface area contributed by atoms with Crippen molar-refractivity contribution in [1.29, 1.82) is 0 Å². The minimum atomic E-state index is -3.30. The van der Waals surface area contributed by atoms with E-state index in [1.165, 1.54) is 4.31 Å². The van der Waals surface area contributed by atoms with Crippen LogP contribution in [0, 0.1) is 6.92 Å². The molecule has 92 valence electrons. The van der Waals surface area contributed by atoms with Gasteiger partial charge in [-0.1, -0.05) is 12.1 Å². The lowest BCUT2D eigenvalue weighted by atomic mass is 9.99. The first-order valence-electron chi connectivity index (χ1n) is 5.60. The van der Waals surface area contributed by atoms with Gasteiger partial charge in [0.1, 0.15) is 0 Å². The normalized spacial score (nSPS) is 15.9. The summed E-state index contributed by atoms with van der Waals surface area (Å²) in [5.41, 5.74) is 1.91. The van der Waals surface area contributed by atoms with E-state index in [1.54, 1.807) is 19.1 Å². The van der Waals surface area contributed by atoms with Crippen LogP contribution in [0.15, 0.2) is 18.2 Å². The minimum absolute atomic E-state index is 0.0197. The van der Waals surface area contributed by atoms with Crippen molar-refractivity contribution in [3.63, 3.8) is 0 Å². The summed E-state index contributed by atoms with van der Waals surface area (Å²) in [6.45, 7) is 3.70. The quantitative estimate of drug-likeness (QED) is 0.806. The number of carbonyl (C=O) groups excluding carboxylic acids is 1. The molecule has 1 aromatic carbocycles. The molecule has 0 amide bonds. The van der Waals surface area contributed by atoms with Crippen molar-refractivity contribution in [3.8, 4) is 0 Å². The first kappa shape index (κ1) is 12.1. The lowest BCUT2D eigenvalue weighted by molar-refractivity contribution is 0.0982. The number of anilines is 1. The molecular formula is C12H15NO3S. The summed E-state index contributed by atoms with van der Waals surface area (Å²) >= 11 is 0. The number of para-hydroxylation sites is 1. The molecule has 0 aromatic heterocycles. The number of carbonyl (C=O) groups is 1. The molecule has 0 bridgehead atoms. The van der Waals surface area contributed by atoms with Gasteiger partial charge in [0.05, 0.1) is 11.4 Å². The van der Waals surface area contributed by atoms with Crippen LogP contribution in [0.1, 0.15) is 29.3 Å². The second kappa shape index (κ2) is 4.14. The van der Waals surface area contributed by atoms with E-state index >= 15 is 0 Å². The minimum Gasteiger partial charge on any atom is -0.294 e. The predicted octanol–water partition coefficient (Wildman–Crippen LogP) is 1.74. The number of ketones is 1. The molecule has 0 spiro atoms. The molecule has 0 unspecified atom stereocenters. The molecule has 2 rings (SSSR count). The maximum Gasteiger partial charge on any atom is 0.234 e. The molecule has 0 radical (unpaired) electrons. The molecule has 0 saturated heterocycles. The largest absolute Gasteiger partial charge is 0.294 e. The van der Waals surface area contributed by atoms with Crippen molar-refractivity contribution in [1.82, 2.24) is 0 Å². The van der Waals surface area contributed by atoms with E-state index < -0.39 is 10.0 Å². The molecular weight excluding hydrogens is 238 g/mol. The summed E-state index contributed by atoms with van der Waals surface area (Å²) in [5.74, 6) is 0.0702. The zero-order chi connectivity index (χ0) is 12.6. The van der Waals surface area contributed by atoms with Gasteiger partial charge in [-0.05, 0) is 25.5 Å². The molecule has 17 heavy (non-hydrogen) atoms. The van der Waals surface area contributed by atoms with Crippen molar-refractivity contribution >= 4 is 21.5 Å². The molecule has 4 nitrogen and oxygen atoms in total. The SMILES string of the molecule is CCS(=O)(=O)N1CCC(=O)c2cccc(C)c21. The number of rotatable bonds is 2. The number of aryl methyl sites for hydroxylation is 1. The summed E-state index contributed by atoms with van der Waals surface area (Å²) in [6, 6.07) is 5.31. The van der Waals surface area contributed by atoms with Crippen LogP contribution in [0.5, 0.6) is 0 Å². The lowest BCUT2D eigenvalue weighted by Crippen LogP contribution is -2.38. The first-order chi connectivity index (χ1) is 7.97. The molecule has 0 aliphatic carbocycles. The Bertz CT molecular complexity index is 563. The molecule has 5 heteroatoms. The van der Waals surface area contributed by atoms with Crippen LogP contribution >= 0.6 is 0 Å². The maximum atomic E-state index is 12.0. The summed E-state index contributed by atoms with van der Waals surface area (Å²) in [6.07, 6.45) is 0.260. The van der Waals surface area contributed by atoms with Gasteiger partial charge in [-0.3, -0.25) is 9.10 Å². The molecule has 0 saturated carbocycles. The van der Waals surface area contributed by atoms with E-state index in [-0.39, 0.29) is 24.5 Å². The fourth-order valence-electron chi connectivity index (χ4n) is 2.10. The van der Waals surface area contributed by atoms with E-state index in [0.717, 1.165) is 5.56 Å². The average Bonchev–Trinajstić information content (AvgIpc) is 2.30. The van der Waals surface area contributed by atoms with Crippen LogP contribution in [0.4, 0.5) is 5.69 Å². The summed E-state index contributed by atoms with van der Waals surface area (Å²) < 4.78 is 25.4. The molecule has 1 aromatic rings. The topological polar surface area (TPSA) is 54.5 Å². The van der Waals surface area contributed by atoms with Crippen molar-refractivity contribution in [2.24, 2.45) is 0 Å². The van der Waals surface area contributed by atoms with E-state index in [4.69, 9.17) is 0 Å².